The van der Waals surface area contributed by atoms with E-state index in [0.717, 1.165) is 64.6 Å². The second kappa shape index (κ2) is 8.57. The van der Waals surface area contributed by atoms with Crippen molar-refractivity contribution >= 4 is 33.8 Å². The lowest BCUT2D eigenvalue weighted by atomic mass is 10.1. The predicted octanol–water partition coefficient (Wildman–Crippen LogP) is 4.89. The summed E-state index contributed by atoms with van der Waals surface area (Å²) in [4.78, 5) is 18.1. The van der Waals surface area contributed by atoms with Crippen molar-refractivity contribution in [3.63, 3.8) is 0 Å². The van der Waals surface area contributed by atoms with Crippen LogP contribution in [0, 0.1) is 6.92 Å². The van der Waals surface area contributed by atoms with Crippen LogP contribution in [0.25, 0.3) is 22.3 Å². The van der Waals surface area contributed by atoms with E-state index in [2.05, 4.69) is 31.7 Å². The Morgan fingerprint density at radius 2 is 2.00 bits per heavy atom. The fourth-order valence-corrected chi connectivity index (χ4v) is 4.13. The van der Waals surface area contributed by atoms with E-state index in [1.807, 2.05) is 66.2 Å². The molecule has 4 aromatic heterocycles. The molecule has 34 heavy (non-hydrogen) atoms. The van der Waals surface area contributed by atoms with Crippen LogP contribution in [-0.4, -0.2) is 37.4 Å². The minimum Gasteiger partial charge on any atom is -0.457 e. The summed E-state index contributed by atoms with van der Waals surface area (Å²) in [5, 5.41) is 6.76. The molecule has 0 fully saturated rings. The Morgan fingerprint density at radius 3 is 2.88 bits per heavy atom. The molecule has 1 aliphatic heterocycles. The van der Waals surface area contributed by atoms with E-state index in [-0.39, 0.29) is 0 Å². The number of rotatable bonds is 5. The summed E-state index contributed by atoms with van der Waals surface area (Å²) < 4.78 is 8.06. The molecular weight excluding hydrogens is 426 g/mol. The lowest BCUT2D eigenvalue weighted by Crippen LogP contribution is -2.20. The molecule has 6 rings (SSSR count). The Hall–Kier alpha value is -4.30. The molecule has 0 spiro atoms. The molecular formula is C26H23N7O. The second-order valence-corrected chi connectivity index (χ2v) is 8.23. The molecule has 0 amide bonds. The first-order valence-electron chi connectivity index (χ1n) is 11.2. The maximum absolute atomic E-state index is 6.11. The van der Waals surface area contributed by atoms with E-state index in [1.165, 1.54) is 5.57 Å². The third kappa shape index (κ3) is 3.95. The highest BCUT2D eigenvalue weighted by atomic mass is 16.5. The average molecular weight is 450 g/mol. The maximum Gasteiger partial charge on any atom is 0.160 e. The molecule has 8 heteroatoms. The smallest absolute Gasteiger partial charge is 0.160 e. The fraction of sp³-hybridized carbons (Fsp3) is 0.154. The predicted molar refractivity (Wildman–Crippen MR) is 133 cm³/mol. The normalized spacial score (nSPS) is 13.7. The number of aromatic nitrogens is 5. The molecule has 8 nitrogen and oxygen atoms in total. The van der Waals surface area contributed by atoms with Crippen LogP contribution in [-0.2, 0) is 0 Å². The largest absolute Gasteiger partial charge is 0.457 e. The highest BCUT2D eigenvalue weighted by Gasteiger charge is 2.12. The van der Waals surface area contributed by atoms with Crippen molar-refractivity contribution in [3.8, 4) is 11.5 Å². The number of benzene rings is 1. The van der Waals surface area contributed by atoms with Crippen LogP contribution < -0.4 is 15.4 Å². The summed E-state index contributed by atoms with van der Waals surface area (Å²) in [6, 6.07) is 13.9. The van der Waals surface area contributed by atoms with Crippen LogP contribution in [0.15, 0.2) is 73.5 Å². The lowest BCUT2D eigenvalue weighted by Gasteiger charge is -2.15. The first-order valence-corrected chi connectivity index (χ1v) is 11.2. The molecule has 1 aliphatic rings. The summed E-state index contributed by atoms with van der Waals surface area (Å²) in [5.74, 6) is 2.21. The molecule has 168 valence electrons. The summed E-state index contributed by atoms with van der Waals surface area (Å²) in [6.07, 6.45) is 10.3. The average Bonchev–Trinajstić information content (AvgIpc) is 3.34. The van der Waals surface area contributed by atoms with E-state index in [4.69, 9.17) is 9.72 Å². The van der Waals surface area contributed by atoms with E-state index < -0.39 is 0 Å². The Labute approximate surface area is 196 Å². The summed E-state index contributed by atoms with van der Waals surface area (Å²) in [7, 11) is 0. The molecule has 0 bridgehead atoms. The number of aryl methyl sites for hydroxylation is 1. The van der Waals surface area contributed by atoms with Crippen molar-refractivity contribution in [1.82, 2.24) is 29.7 Å². The van der Waals surface area contributed by atoms with Gasteiger partial charge in [0.1, 0.15) is 29.0 Å². The van der Waals surface area contributed by atoms with Gasteiger partial charge in [0.2, 0.25) is 0 Å². The number of imidazole rings is 1. The van der Waals surface area contributed by atoms with E-state index in [9.17, 15) is 0 Å². The van der Waals surface area contributed by atoms with Gasteiger partial charge >= 0.3 is 0 Å². The fourth-order valence-electron chi connectivity index (χ4n) is 4.13. The van der Waals surface area contributed by atoms with Crippen molar-refractivity contribution in [1.29, 1.82) is 0 Å². The van der Waals surface area contributed by atoms with Crippen LogP contribution in [0.3, 0.4) is 0 Å². The maximum atomic E-state index is 6.11. The zero-order chi connectivity index (χ0) is 22.9. The van der Waals surface area contributed by atoms with Gasteiger partial charge in [-0.25, -0.2) is 19.9 Å². The Bertz CT molecular complexity index is 1540. The van der Waals surface area contributed by atoms with E-state index in [1.54, 1.807) is 12.5 Å². The molecule has 0 saturated heterocycles. The number of hydrogen-bond donors (Lipinski definition) is 2. The summed E-state index contributed by atoms with van der Waals surface area (Å²) >= 11 is 0. The highest BCUT2D eigenvalue weighted by molar-refractivity contribution is 5.88. The number of pyridine rings is 2. The first kappa shape index (κ1) is 20.3. The standard InChI is InChI=1S/C26H23N7O/c1-17-14-19(2-5-23(17)34-20-8-12-33-13-11-28-24(33)15-20)31-26-25-22(29-16-30-26)4-3-21(32-25)18-6-9-27-10-7-18/h2-6,8,11-16,27H,7,9-10H2,1H3,(H,29,30,31). The van der Waals surface area contributed by atoms with Crippen molar-refractivity contribution in [3.05, 3.63) is 84.7 Å². The number of ether oxygens (including phenoxy) is 1. The molecule has 5 aromatic rings. The number of hydrogen-bond acceptors (Lipinski definition) is 7. The quantitative estimate of drug-likeness (QED) is 0.395. The number of nitrogens with one attached hydrogen (secondary N) is 2. The zero-order valence-corrected chi connectivity index (χ0v) is 18.7. The molecule has 1 aromatic carbocycles. The van der Waals surface area contributed by atoms with Crippen LogP contribution >= 0.6 is 0 Å². The lowest BCUT2D eigenvalue weighted by molar-refractivity contribution is 0.478. The van der Waals surface area contributed by atoms with Crippen molar-refractivity contribution < 1.29 is 4.74 Å². The van der Waals surface area contributed by atoms with Gasteiger partial charge in [-0.05, 0) is 67.4 Å². The Kier molecular flexibility index (Phi) is 5.12. The number of anilines is 2. The third-order valence-corrected chi connectivity index (χ3v) is 5.91. The van der Waals surface area contributed by atoms with Crippen LogP contribution in [0.4, 0.5) is 11.5 Å². The van der Waals surface area contributed by atoms with E-state index >= 15 is 0 Å². The van der Waals surface area contributed by atoms with Gasteiger partial charge in [0.15, 0.2) is 5.82 Å². The topological polar surface area (TPSA) is 89.3 Å². The monoisotopic (exact) mass is 449 g/mol. The van der Waals surface area contributed by atoms with Gasteiger partial charge in [0.05, 0.1) is 11.2 Å². The molecule has 5 heterocycles. The van der Waals surface area contributed by atoms with Gasteiger partial charge < -0.3 is 19.8 Å². The molecule has 0 unspecified atom stereocenters. The Balaban J connectivity index is 1.27. The van der Waals surface area contributed by atoms with Gasteiger partial charge in [-0.15, -0.1) is 0 Å². The van der Waals surface area contributed by atoms with Crippen molar-refractivity contribution in [2.24, 2.45) is 0 Å². The second-order valence-electron chi connectivity index (χ2n) is 8.23. The summed E-state index contributed by atoms with van der Waals surface area (Å²) in [5.41, 5.74) is 6.54. The van der Waals surface area contributed by atoms with Crippen molar-refractivity contribution in [2.75, 3.05) is 18.4 Å². The molecule has 0 radical (unpaired) electrons. The Morgan fingerprint density at radius 1 is 1.03 bits per heavy atom. The van der Waals surface area contributed by atoms with Crippen LogP contribution in [0.2, 0.25) is 0 Å². The zero-order valence-electron chi connectivity index (χ0n) is 18.7. The number of nitrogens with zero attached hydrogens (tertiary/aromatic N) is 5. The SMILES string of the molecule is Cc1cc(Nc2ncnc3ccc(C4=CCNCC4)nc23)ccc1Oc1ccn2ccnc2c1. The van der Waals surface area contributed by atoms with Gasteiger partial charge in [0, 0.05) is 36.9 Å². The minimum absolute atomic E-state index is 0.680. The van der Waals surface area contributed by atoms with Gasteiger partial charge in [-0.2, -0.15) is 0 Å². The van der Waals surface area contributed by atoms with Crippen molar-refractivity contribution in [2.45, 2.75) is 13.3 Å². The number of fused-ring (bicyclic) bond motifs is 2. The van der Waals surface area contributed by atoms with Crippen LogP contribution in [0.5, 0.6) is 11.5 Å². The molecule has 2 N–H and O–H groups in total. The third-order valence-electron chi connectivity index (χ3n) is 5.91. The molecule has 0 aliphatic carbocycles. The molecule has 0 atom stereocenters. The highest BCUT2D eigenvalue weighted by Crippen LogP contribution is 2.30. The van der Waals surface area contributed by atoms with Gasteiger partial charge in [-0.3, -0.25) is 0 Å². The minimum atomic E-state index is 0.680. The van der Waals surface area contributed by atoms with E-state index in [0.29, 0.717) is 5.82 Å². The van der Waals surface area contributed by atoms with Crippen LogP contribution in [0.1, 0.15) is 17.7 Å². The first-order chi connectivity index (χ1) is 16.7. The van der Waals surface area contributed by atoms with Gasteiger partial charge in [0.25, 0.3) is 0 Å². The molecule has 0 saturated carbocycles. The summed E-state index contributed by atoms with van der Waals surface area (Å²) in [6.45, 7) is 3.85. The van der Waals surface area contributed by atoms with Gasteiger partial charge in [-0.1, -0.05) is 6.08 Å².